The van der Waals surface area contributed by atoms with E-state index in [1.807, 2.05) is 48.1 Å². The van der Waals surface area contributed by atoms with E-state index in [0.717, 1.165) is 16.9 Å². The first-order chi connectivity index (χ1) is 8.29. The lowest BCUT2D eigenvalue weighted by Crippen LogP contribution is -2.20. The average Bonchev–Trinajstić information content (AvgIpc) is 2.38. The van der Waals surface area contributed by atoms with E-state index in [1.165, 1.54) is 0 Å². The van der Waals surface area contributed by atoms with Crippen molar-refractivity contribution in [3.63, 3.8) is 0 Å². The summed E-state index contributed by atoms with van der Waals surface area (Å²) in [6, 6.07) is 9.76. The van der Waals surface area contributed by atoms with Crippen LogP contribution in [0.5, 0.6) is 5.75 Å². The van der Waals surface area contributed by atoms with Crippen LogP contribution < -0.4 is 10.4 Å². The second-order valence-corrected chi connectivity index (χ2v) is 3.69. The molecule has 0 saturated heterocycles. The highest BCUT2D eigenvalue weighted by atomic mass is 16.5. The monoisotopic (exact) mass is 229 g/mol. The average molecular weight is 229 g/mol. The summed E-state index contributed by atoms with van der Waals surface area (Å²) in [5.74, 6) is 0.858. The van der Waals surface area contributed by atoms with Gasteiger partial charge in [-0.1, -0.05) is 12.1 Å². The summed E-state index contributed by atoms with van der Waals surface area (Å²) in [5.41, 5.74) is 1.86. The number of aromatic nitrogens is 2. The first-order valence-corrected chi connectivity index (χ1v) is 5.40. The molecule has 0 aliphatic rings. The predicted octanol–water partition coefficient (Wildman–Crippen LogP) is 1.53. The predicted molar refractivity (Wildman–Crippen MR) is 65.5 cm³/mol. The Bertz CT molecular complexity index is 543. The Labute approximate surface area is 100 Å². The minimum absolute atomic E-state index is 0.620. The van der Waals surface area contributed by atoms with Crippen molar-refractivity contribution < 1.29 is 4.74 Å². The van der Waals surface area contributed by atoms with E-state index in [9.17, 15) is 0 Å². The third-order valence-electron chi connectivity index (χ3n) is 2.46. The first-order valence-electron chi connectivity index (χ1n) is 5.40. The lowest BCUT2D eigenvalue weighted by atomic mass is 10.2. The SMILES string of the molecule is COc1ccc(CN=c2ncccn2C)cc1. The molecule has 0 spiro atoms. The van der Waals surface area contributed by atoms with Crippen molar-refractivity contribution in [1.82, 2.24) is 9.55 Å². The van der Waals surface area contributed by atoms with Crippen LogP contribution in [0.25, 0.3) is 0 Å². The van der Waals surface area contributed by atoms with Gasteiger partial charge in [-0.15, -0.1) is 0 Å². The van der Waals surface area contributed by atoms with Gasteiger partial charge >= 0.3 is 0 Å². The molecule has 2 aromatic rings. The molecular weight excluding hydrogens is 214 g/mol. The Morgan fingerprint density at radius 3 is 2.71 bits per heavy atom. The fourth-order valence-corrected chi connectivity index (χ4v) is 1.48. The number of nitrogens with zero attached hydrogens (tertiary/aromatic N) is 3. The molecule has 0 atom stereocenters. The molecule has 0 aliphatic heterocycles. The van der Waals surface area contributed by atoms with Crippen molar-refractivity contribution in [1.29, 1.82) is 0 Å². The van der Waals surface area contributed by atoms with Gasteiger partial charge in [0.1, 0.15) is 5.75 Å². The van der Waals surface area contributed by atoms with E-state index < -0.39 is 0 Å². The summed E-state index contributed by atoms with van der Waals surface area (Å²) in [6.45, 7) is 0.620. The zero-order valence-electron chi connectivity index (χ0n) is 10.00. The van der Waals surface area contributed by atoms with Crippen LogP contribution in [0.1, 0.15) is 5.56 Å². The van der Waals surface area contributed by atoms with Crippen molar-refractivity contribution in [3.8, 4) is 5.75 Å². The molecule has 0 aliphatic carbocycles. The number of aryl methyl sites for hydroxylation is 1. The topological polar surface area (TPSA) is 39.4 Å². The molecule has 1 aromatic heterocycles. The van der Waals surface area contributed by atoms with Crippen LogP contribution in [-0.4, -0.2) is 16.7 Å². The van der Waals surface area contributed by atoms with Gasteiger partial charge in [-0.2, -0.15) is 0 Å². The first kappa shape index (κ1) is 11.4. The Kier molecular flexibility index (Phi) is 3.55. The van der Waals surface area contributed by atoms with Crippen molar-refractivity contribution in [2.45, 2.75) is 6.54 Å². The normalized spacial score (nSPS) is 11.5. The maximum Gasteiger partial charge on any atom is 0.224 e. The van der Waals surface area contributed by atoms with Crippen LogP contribution in [0.15, 0.2) is 47.7 Å². The second-order valence-electron chi connectivity index (χ2n) is 3.69. The zero-order chi connectivity index (χ0) is 12.1. The second kappa shape index (κ2) is 5.30. The summed E-state index contributed by atoms with van der Waals surface area (Å²) < 4.78 is 7.00. The maximum atomic E-state index is 5.10. The van der Waals surface area contributed by atoms with Crippen LogP contribution in [-0.2, 0) is 13.6 Å². The fraction of sp³-hybridized carbons (Fsp3) is 0.231. The van der Waals surface area contributed by atoms with Crippen molar-refractivity contribution in [3.05, 3.63) is 53.9 Å². The van der Waals surface area contributed by atoms with E-state index in [0.29, 0.717) is 6.54 Å². The molecule has 0 radical (unpaired) electrons. The Morgan fingerprint density at radius 2 is 2.06 bits per heavy atom. The van der Waals surface area contributed by atoms with Gasteiger partial charge in [0, 0.05) is 19.4 Å². The fourth-order valence-electron chi connectivity index (χ4n) is 1.48. The van der Waals surface area contributed by atoms with Gasteiger partial charge in [-0.05, 0) is 23.8 Å². The standard InChI is InChI=1S/C13H15N3O/c1-16-9-3-8-14-13(16)15-10-11-4-6-12(17-2)7-5-11/h3-9H,10H2,1-2H3. The maximum absolute atomic E-state index is 5.10. The van der Waals surface area contributed by atoms with Gasteiger partial charge < -0.3 is 9.30 Å². The minimum Gasteiger partial charge on any atom is -0.497 e. The largest absolute Gasteiger partial charge is 0.497 e. The van der Waals surface area contributed by atoms with Gasteiger partial charge in [0.2, 0.25) is 5.62 Å². The lowest BCUT2D eigenvalue weighted by molar-refractivity contribution is 0.414. The molecule has 0 amide bonds. The highest BCUT2D eigenvalue weighted by molar-refractivity contribution is 5.26. The Morgan fingerprint density at radius 1 is 1.29 bits per heavy atom. The molecule has 1 heterocycles. The van der Waals surface area contributed by atoms with Crippen molar-refractivity contribution in [2.75, 3.05) is 7.11 Å². The number of rotatable bonds is 3. The quantitative estimate of drug-likeness (QED) is 0.800. The van der Waals surface area contributed by atoms with E-state index in [4.69, 9.17) is 4.74 Å². The summed E-state index contributed by atoms with van der Waals surface area (Å²) in [6.07, 6.45) is 3.67. The molecular formula is C13H15N3O. The van der Waals surface area contributed by atoms with Crippen LogP contribution in [0.2, 0.25) is 0 Å². The van der Waals surface area contributed by atoms with Crippen LogP contribution >= 0.6 is 0 Å². The summed E-state index contributed by atoms with van der Waals surface area (Å²) in [4.78, 5) is 8.64. The molecule has 1 aromatic carbocycles. The molecule has 0 N–H and O–H groups in total. The molecule has 17 heavy (non-hydrogen) atoms. The van der Waals surface area contributed by atoms with Crippen LogP contribution in [0.4, 0.5) is 0 Å². The van der Waals surface area contributed by atoms with Gasteiger partial charge in [0.05, 0.1) is 13.7 Å². The van der Waals surface area contributed by atoms with Crippen molar-refractivity contribution in [2.24, 2.45) is 12.0 Å². The van der Waals surface area contributed by atoms with Gasteiger partial charge in [0.25, 0.3) is 0 Å². The number of ether oxygens (including phenoxy) is 1. The highest BCUT2D eigenvalue weighted by Gasteiger charge is 1.93. The molecule has 4 nitrogen and oxygen atoms in total. The van der Waals surface area contributed by atoms with Gasteiger partial charge in [0.15, 0.2) is 0 Å². The molecule has 0 unspecified atom stereocenters. The summed E-state index contributed by atoms with van der Waals surface area (Å²) in [5, 5.41) is 0. The zero-order valence-corrected chi connectivity index (χ0v) is 10.00. The summed E-state index contributed by atoms with van der Waals surface area (Å²) in [7, 11) is 3.59. The summed E-state index contributed by atoms with van der Waals surface area (Å²) >= 11 is 0. The molecule has 0 bridgehead atoms. The smallest absolute Gasteiger partial charge is 0.224 e. The molecule has 88 valence electrons. The van der Waals surface area contributed by atoms with E-state index in [1.54, 1.807) is 13.3 Å². The van der Waals surface area contributed by atoms with E-state index in [-0.39, 0.29) is 0 Å². The lowest BCUT2D eigenvalue weighted by Gasteiger charge is -2.01. The van der Waals surface area contributed by atoms with Crippen molar-refractivity contribution >= 4 is 0 Å². The number of methoxy groups -OCH3 is 1. The molecule has 2 rings (SSSR count). The van der Waals surface area contributed by atoms with Crippen LogP contribution in [0, 0.1) is 0 Å². The van der Waals surface area contributed by atoms with Crippen LogP contribution in [0.3, 0.4) is 0 Å². The van der Waals surface area contributed by atoms with Gasteiger partial charge in [-0.25, -0.2) is 9.98 Å². The molecule has 4 heteroatoms. The van der Waals surface area contributed by atoms with E-state index >= 15 is 0 Å². The number of hydrogen-bond donors (Lipinski definition) is 0. The van der Waals surface area contributed by atoms with Gasteiger partial charge in [-0.3, -0.25) is 0 Å². The Hall–Kier alpha value is -2.10. The number of benzene rings is 1. The Balaban J connectivity index is 2.17. The minimum atomic E-state index is 0.620. The third kappa shape index (κ3) is 2.93. The molecule has 0 saturated carbocycles. The number of hydrogen-bond acceptors (Lipinski definition) is 3. The highest BCUT2D eigenvalue weighted by Crippen LogP contribution is 2.11. The van der Waals surface area contributed by atoms with E-state index in [2.05, 4.69) is 9.98 Å². The molecule has 0 fully saturated rings. The third-order valence-corrected chi connectivity index (χ3v) is 2.46.